The molecular formula is C22H16Cl2N4O5. The molecule has 168 valence electrons. The summed E-state index contributed by atoms with van der Waals surface area (Å²) in [6.45, 7) is -0.303. The summed E-state index contributed by atoms with van der Waals surface area (Å²) >= 11 is 12.7. The van der Waals surface area contributed by atoms with Crippen molar-refractivity contribution in [2.24, 2.45) is 0 Å². The molecule has 33 heavy (non-hydrogen) atoms. The Kier molecular flexibility index (Phi) is 6.45. The van der Waals surface area contributed by atoms with E-state index in [1.807, 2.05) is 30.3 Å². The topological polar surface area (TPSA) is 119 Å². The standard InChI is InChI=1S/C22H16Cl2N4O5/c23-16-8-14(28-22(32)25-21(31)18(12-29)26-28)9-17(24)20(16)33-15-6-7-19(30)27(11-15)10-13-4-2-1-3-5-13/h1-9,11,29H,10,12H2,(H,25,31,32). The Hall–Kier alpha value is -3.66. The predicted molar refractivity (Wildman–Crippen MR) is 123 cm³/mol. The lowest BCUT2D eigenvalue weighted by Gasteiger charge is -2.14. The number of benzene rings is 2. The van der Waals surface area contributed by atoms with Crippen LogP contribution in [0.15, 0.2) is 75.2 Å². The molecule has 0 fully saturated rings. The second-order valence-corrected chi connectivity index (χ2v) is 7.75. The van der Waals surface area contributed by atoms with E-state index in [4.69, 9.17) is 27.9 Å². The Morgan fingerprint density at radius 3 is 2.36 bits per heavy atom. The zero-order valence-electron chi connectivity index (χ0n) is 16.9. The summed E-state index contributed by atoms with van der Waals surface area (Å²) in [7, 11) is 0. The highest BCUT2D eigenvalue weighted by Crippen LogP contribution is 2.37. The minimum Gasteiger partial charge on any atom is -0.453 e. The smallest absolute Gasteiger partial charge is 0.349 e. The van der Waals surface area contributed by atoms with Crippen molar-refractivity contribution < 1.29 is 9.84 Å². The van der Waals surface area contributed by atoms with Crippen molar-refractivity contribution in [1.29, 1.82) is 0 Å². The lowest BCUT2D eigenvalue weighted by atomic mass is 10.2. The molecule has 2 aromatic heterocycles. The lowest BCUT2D eigenvalue weighted by molar-refractivity contribution is 0.271. The van der Waals surface area contributed by atoms with E-state index in [2.05, 4.69) is 10.1 Å². The lowest BCUT2D eigenvalue weighted by Crippen LogP contribution is -2.34. The maximum absolute atomic E-state index is 12.2. The van der Waals surface area contributed by atoms with E-state index >= 15 is 0 Å². The maximum Gasteiger partial charge on any atom is 0.349 e. The number of aliphatic hydroxyl groups is 1. The molecule has 0 atom stereocenters. The van der Waals surface area contributed by atoms with Gasteiger partial charge in [0.2, 0.25) is 0 Å². The number of hydrogen-bond donors (Lipinski definition) is 2. The Bertz CT molecular complexity index is 1470. The minimum atomic E-state index is -0.828. The minimum absolute atomic E-state index is 0.0590. The van der Waals surface area contributed by atoms with E-state index < -0.39 is 17.9 Å². The fraction of sp³-hybridized carbons (Fsp3) is 0.0909. The van der Waals surface area contributed by atoms with Gasteiger partial charge in [-0.3, -0.25) is 14.6 Å². The number of H-pyrrole nitrogens is 1. The summed E-state index contributed by atoms with van der Waals surface area (Å²) < 4.78 is 8.17. The Morgan fingerprint density at radius 2 is 1.70 bits per heavy atom. The maximum atomic E-state index is 12.2. The van der Waals surface area contributed by atoms with Gasteiger partial charge in [-0.25, -0.2) is 4.79 Å². The number of nitrogens with one attached hydrogen (secondary N) is 1. The van der Waals surface area contributed by atoms with Gasteiger partial charge in [0.15, 0.2) is 11.4 Å². The van der Waals surface area contributed by atoms with Crippen LogP contribution >= 0.6 is 23.2 Å². The molecule has 2 aromatic carbocycles. The van der Waals surface area contributed by atoms with Gasteiger partial charge in [-0.05, 0) is 23.8 Å². The molecule has 0 radical (unpaired) electrons. The number of hydrogen-bond acceptors (Lipinski definition) is 6. The van der Waals surface area contributed by atoms with Crippen LogP contribution in [0.3, 0.4) is 0 Å². The quantitative estimate of drug-likeness (QED) is 0.432. The zero-order chi connectivity index (χ0) is 23.5. The van der Waals surface area contributed by atoms with Gasteiger partial charge in [-0.2, -0.15) is 9.78 Å². The van der Waals surface area contributed by atoms with Gasteiger partial charge in [-0.15, -0.1) is 0 Å². The second-order valence-electron chi connectivity index (χ2n) is 6.93. The third kappa shape index (κ3) is 4.90. The largest absolute Gasteiger partial charge is 0.453 e. The number of aromatic nitrogens is 4. The molecule has 2 heterocycles. The van der Waals surface area contributed by atoms with Crippen molar-refractivity contribution >= 4 is 23.2 Å². The molecule has 0 saturated carbocycles. The fourth-order valence-corrected chi connectivity index (χ4v) is 3.62. The van der Waals surface area contributed by atoms with Crippen molar-refractivity contribution in [3.8, 4) is 17.2 Å². The molecule has 0 bridgehead atoms. The molecule has 9 nitrogen and oxygen atoms in total. The summed E-state index contributed by atoms with van der Waals surface area (Å²) in [6.07, 6.45) is 1.54. The molecule has 0 aliphatic rings. The van der Waals surface area contributed by atoms with Crippen LogP contribution in [-0.4, -0.2) is 24.4 Å². The summed E-state index contributed by atoms with van der Waals surface area (Å²) in [5.41, 5.74) is -0.974. The number of pyridine rings is 1. The number of ether oxygens (including phenoxy) is 1. The first-order valence-electron chi connectivity index (χ1n) is 9.61. The van der Waals surface area contributed by atoms with E-state index in [0.29, 0.717) is 12.3 Å². The summed E-state index contributed by atoms with van der Waals surface area (Å²) in [5, 5.41) is 13.2. The molecule has 0 spiro atoms. The average molecular weight is 487 g/mol. The van der Waals surface area contributed by atoms with Crippen molar-refractivity contribution in [2.45, 2.75) is 13.2 Å². The van der Waals surface area contributed by atoms with Gasteiger partial charge in [0, 0.05) is 6.07 Å². The SMILES string of the molecule is O=c1[nH]c(=O)n(-c2cc(Cl)c(Oc3ccc(=O)n(Cc4ccccc4)c3)c(Cl)c2)nc1CO. The van der Waals surface area contributed by atoms with E-state index in [1.165, 1.54) is 35.0 Å². The van der Waals surface area contributed by atoms with Crippen LogP contribution in [0.5, 0.6) is 11.5 Å². The Morgan fingerprint density at radius 1 is 1.00 bits per heavy atom. The van der Waals surface area contributed by atoms with E-state index in [1.54, 1.807) is 0 Å². The monoisotopic (exact) mass is 486 g/mol. The first-order valence-corrected chi connectivity index (χ1v) is 10.4. The molecule has 0 aliphatic carbocycles. The molecule has 4 rings (SSSR count). The van der Waals surface area contributed by atoms with Crippen LogP contribution in [0.2, 0.25) is 10.0 Å². The summed E-state index contributed by atoms with van der Waals surface area (Å²) in [5.74, 6) is 0.427. The normalized spacial score (nSPS) is 10.9. The van der Waals surface area contributed by atoms with Gasteiger partial charge >= 0.3 is 5.69 Å². The number of rotatable bonds is 6. The van der Waals surface area contributed by atoms with Crippen LogP contribution in [0.4, 0.5) is 0 Å². The summed E-state index contributed by atoms with van der Waals surface area (Å²) in [4.78, 5) is 38.1. The highest BCUT2D eigenvalue weighted by molar-refractivity contribution is 6.37. The van der Waals surface area contributed by atoms with Gasteiger partial charge in [0.1, 0.15) is 5.75 Å². The molecule has 0 unspecified atom stereocenters. The fourth-order valence-electron chi connectivity index (χ4n) is 3.07. The highest BCUT2D eigenvalue weighted by Gasteiger charge is 2.15. The van der Waals surface area contributed by atoms with Crippen LogP contribution in [0.1, 0.15) is 11.3 Å². The highest BCUT2D eigenvalue weighted by atomic mass is 35.5. The number of aliphatic hydroxyl groups excluding tert-OH is 1. The average Bonchev–Trinajstić information content (AvgIpc) is 2.79. The van der Waals surface area contributed by atoms with Gasteiger partial charge in [0.25, 0.3) is 11.1 Å². The van der Waals surface area contributed by atoms with Gasteiger partial charge in [-0.1, -0.05) is 53.5 Å². The number of halogens is 2. The first kappa shape index (κ1) is 22.5. The molecular weight excluding hydrogens is 471 g/mol. The zero-order valence-corrected chi connectivity index (χ0v) is 18.4. The second kappa shape index (κ2) is 9.45. The third-order valence-corrected chi connectivity index (χ3v) is 5.21. The molecule has 0 aliphatic heterocycles. The number of nitrogens with zero attached hydrogens (tertiary/aromatic N) is 3. The van der Waals surface area contributed by atoms with Crippen LogP contribution in [0, 0.1) is 0 Å². The van der Waals surface area contributed by atoms with Crippen molar-refractivity contribution in [1.82, 2.24) is 19.3 Å². The van der Waals surface area contributed by atoms with E-state index in [-0.39, 0.29) is 32.7 Å². The first-order chi connectivity index (χ1) is 15.9. The third-order valence-electron chi connectivity index (χ3n) is 4.65. The number of aromatic amines is 1. The van der Waals surface area contributed by atoms with Crippen LogP contribution in [-0.2, 0) is 13.2 Å². The van der Waals surface area contributed by atoms with E-state index in [9.17, 15) is 19.5 Å². The molecule has 11 heteroatoms. The molecule has 0 amide bonds. The van der Waals surface area contributed by atoms with Crippen molar-refractivity contribution in [3.05, 3.63) is 113 Å². The molecule has 0 saturated heterocycles. The van der Waals surface area contributed by atoms with Gasteiger partial charge < -0.3 is 14.4 Å². The molecule has 2 N–H and O–H groups in total. The summed E-state index contributed by atoms with van der Waals surface area (Å²) in [6, 6.07) is 15.1. The molecule has 4 aromatic rings. The van der Waals surface area contributed by atoms with Gasteiger partial charge in [0.05, 0.1) is 35.1 Å². The Balaban J connectivity index is 1.67. The van der Waals surface area contributed by atoms with Crippen LogP contribution in [0.25, 0.3) is 5.69 Å². The Labute approximate surface area is 196 Å². The van der Waals surface area contributed by atoms with E-state index in [0.717, 1.165) is 10.2 Å². The van der Waals surface area contributed by atoms with Crippen molar-refractivity contribution in [2.75, 3.05) is 0 Å². The predicted octanol–water partition coefficient (Wildman–Crippen LogP) is 2.72. The van der Waals surface area contributed by atoms with Crippen LogP contribution < -0.4 is 21.5 Å². The van der Waals surface area contributed by atoms with Crippen molar-refractivity contribution in [3.63, 3.8) is 0 Å².